The van der Waals surface area contributed by atoms with Crippen LogP contribution in [0, 0.1) is 27.7 Å². The maximum absolute atomic E-state index is 12.5. The Hall–Kier alpha value is -5.24. The summed E-state index contributed by atoms with van der Waals surface area (Å²) in [5.41, 5.74) is 13.7. The number of amides is 3. The Morgan fingerprint density at radius 2 is 1.00 bits per heavy atom. The maximum atomic E-state index is 12.5. The lowest BCUT2D eigenvalue weighted by molar-refractivity contribution is -0.160. The fraction of sp³-hybridized carbons (Fsp3) is 0.263. The first-order chi connectivity index (χ1) is 22.0. The zero-order valence-corrected chi connectivity index (χ0v) is 27.3. The number of benzene rings is 4. The molecule has 0 atom stereocenters. The summed E-state index contributed by atoms with van der Waals surface area (Å²) in [5.74, 6) is -3.01. The molecule has 4 aromatic carbocycles. The van der Waals surface area contributed by atoms with E-state index in [-0.39, 0.29) is 6.61 Å². The molecule has 8 nitrogen and oxygen atoms in total. The van der Waals surface area contributed by atoms with Gasteiger partial charge < -0.3 is 20.3 Å². The summed E-state index contributed by atoms with van der Waals surface area (Å²) in [6.07, 6.45) is 0. The van der Waals surface area contributed by atoms with Gasteiger partial charge in [0, 0.05) is 26.2 Å². The predicted octanol–water partition coefficient (Wildman–Crippen LogP) is 5.71. The number of aryl methyl sites for hydroxylation is 4. The van der Waals surface area contributed by atoms with Crippen LogP contribution in [0.4, 0.5) is 0 Å². The molecule has 0 aliphatic rings. The van der Waals surface area contributed by atoms with Crippen molar-refractivity contribution < 1.29 is 23.9 Å². The highest BCUT2D eigenvalue weighted by Crippen LogP contribution is 2.17. The molecular formula is C38H43N3O5. The molecule has 0 fully saturated rings. The molecule has 4 aromatic rings. The van der Waals surface area contributed by atoms with Gasteiger partial charge in [-0.3, -0.25) is 14.4 Å². The van der Waals surface area contributed by atoms with E-state index in [0.29, 0.717) is 26.2 Å². The largest absolute Gasteiger partial charge is 0.459 e. The van der Waals surface area contributed by atoms with Gasteiger partial charge in [-0.1, -0.05) is 108 Å². The van der Waals surface area contributed by atoms with Crippen molar-refractivity contribution >= 4 is 23.7 Å². The lowest BCUT2D eigenvalue weighted by Crippen LogP contribution is -2.39. The molecule has 0 aromatic heterocycles. The first kappa shape index (κ1) is 35.2. The Balaban J connectivity index is 0.000000251. The van der Waals surface area contributed by atoms with Crippen molar-refractivity contribution in [3.8, 4) is 0 Å². The SMILES string of the molecule is CCOC(=O)C(=O)N(Cc1ccccc1)Cc1ccc(C)cc1C.Cc1ccc(CN(Cc2ccccc2)C(=O)C(N)=O)c(C)c1. The minimum atomic E-state index is -0.930. The molecule has 0 radical (unpaired) electrons. The average Bonchev–Trinajstić information content (AvgIpc) is 3.03. The van der Waals surface area contributed by atoms with Gasteiger partial charge in [-0.25, -0.2) is 4.79 Å². The number of esters is 1. The summed E-state index contributed by atoms with van der Waals surface area (Å²) < 4.78 is 4.88. The summed E-state index contributed by atoms with van der Waals surface area (Å²) in [6.45, 7) is 11.4. The number of rotatable bonds is 9. The molecule has 46 heavy (non-hydrogen) atoms. The van der Waals surface area contributed by atoms with E-state index in [0.717, 1.165) is 38.9 Å². The molecule has 8 heteroatoms. The third-order valence-corrected chi connectivity index (χ3v) is 7.39. The Morgan fingerprint density at radius 3 is 1.37 bits per heavy atom. The Bertz CT molecular complexity index is 1640. The van der Waals surface area contributed by atoms with Crippen LogP contribution in [0.25, 0.3) is 0 Å². The van der Waals surface area contributed by atoms with Crippen LogP contribution >= 0.6 is 0 Å². The van der Waals surface area contributed by atoms with Crippen molar-refractivity contribution in [1.29, 1.82) is 0 Å². The van der Waals surface area contributed by atoms with Crippen molar-refractivity contribution in [2.75, 3.05) is 6.61 Å². The minimum absolute atomic E-state index is 0.188. The molecule has 0 aliphatic carbocycles. The van der Waals surface area contributed by atoms with Crippen molar-refractivity contribution in [3.05, 3.63) is 142 Å². The van der Waals surface area contributed by atoms with E-state index in [1.807, 2.05) is 113 Å². The molecule has 3 amide bonds. The molecule has 240 valence electrons. The minimum Gasteiger partial charge on any atom is -0.459 e. The molecule has 0 saturated heterocycles. The van der Waals surface area contributed by atoms with E-state index < -0.39 is 23.7 Å². The fourth-order valence-corrected chi connectivity index (χ4v) is 4.94. The third-order valence-electron chi connectivity index (χ3n) is 7.39. The number of hydrogen-bond acceptors (Lipinski definition) is 5. The average molecular weight is 622 g/mol. The highest BCUT2D eigenvalue weighted by molar-refractivity contribution is 6.34. The highest BCUT2D eigenvalue weighted by atomic mass is 16.5. The second kappa shape index (κ2) is 17.3. The summed E-state index contributed by atoms with van der Waals surface area (Å²) in [6, 6.07) is 31.3. The fourth-order valence-electron chi connectivity index (χ4n) is 4.94. The molecule has 2 N–H and O–H groups in total. The van der Waals surface area contributed by atoms with E-state index in [9.17, 15) is 19.2 Å². The van der Waals surface area contributed by atoms with Crippen LogP contribution in [-0.4, -0.2) is 40.1 Å². The number of carbonyl (C=O) groups excluding carboxylic acids is 4. The second-order valence-electron chi connectivity index (χ2n) is 11.2. The third kappa shape index (κ3) is 10.7. The Kier molecular flexibility index (Phi) is 13.3. The van der Waals surface area contributed by atoms with Gasteiger partial charge in [0.15, 0.2) is 0 Å². The van der Waals surface area contributed by atoms with Gasteiger partial charge in [0.2, 0.25) is 0 Å². The predicted molar refractivity (Wildman–Crippen MR) is 179 cm³/mol. The van der Waals surface area contributed by atoms with Crippen LogP contribution in [0.3, 0.4) is 0 Å². The maximum Gasteiger partial charge on any atom is 0.397 e. The number of carbonyl (C=O) groups is 4. The number of nitrogens with zero attached hydrogens (tertiary/aromatic N) is 2. The van der Waals surface area contributed by atoms with Crippen molar-refractivity contribution in [3.63, 3.8) is 0 Å². The van der Waals surface area contributed by atoms with Gasteiger partial charge in [0.05, 0.1) is 6.61 Å². The number of ether oxygens (including phenoxy) is 1. The molecule has 0 unspecified atom stereocenters. The molecular weight excluding hydrogens is 578 g/mol. The molecule has 0 aliphatic heterocycles. The monoisotopic (exact) mass is 621 g/mol. The summed E-state index contributed by atoms with van der Waals surface area (Å²) in [5, 5.41) is 0. The first-order valence-electron chi connectivity index (χ1n) is 15.2. The quantitative estimate of drug-likeness (QED) is 0.190. The normalized spacial score (nSPS) is 10.3. The summed E-state index contributed by atoms with van der Waals surface area (Å²) >= 11 is 0. The van der Waals surface area contributed by atoms with E-state index in [1.54, 1.807) is 6.92 Å². The smallest absolute Gasteiger partial charge is 0.397 e. The van der Waals surface area contributed by atoms with Crippen molar-refractivity contribution in [2.24, 2.45) is 5.73 Å². The van der Waals surface area contributed by atoms with Crippen LogP contribution in [0.5, 0.6) is 0 Å². The van der Waals surface area contributed by atoms with E-state index >= 15 is 0 Å². The Labute approximate surface area is 271 Å². The van der Waals surface area contributed by atoms with Gasteiger partial charge in [-0.15, -0.1) is 0 Å². The lowest BCUT2D eigenvalue weighted by Gasteiger charge is -2.23. The number of hydrogen-bond donors (Lipinski definition) is 1. The second-order valence-corrected chi connectivity index (χ2v) is 11.2. The first-order valence-corrected chi connectivity index (χ1v) is 15.2. The number of nitrogens with two attached hydrogens (primary N) is 1. The van der Waals surface area contributed by atoms with Crippen LogP contribution < -0.4 is 5.73 Å². The molecule has 0 spiro atoms. The van der Waals surface area contributed by atoms with Crippen LogP contribution in [0.1, 0.15) is 51.4 Å². The zero-order valence-electron chi connectivity index (χ0n) is 27.3. The van der Waals surface area contributed by atoms with E-state index in [4.69, 9.17) is 10.5 Å². The Morgan fingerprint density at radius 1 is 0.587 bits per heavy atom. The summed E-state index contributed by atoms with van der Waals surface area (Å²) in [4.78, 5) is 50.7. The molecule has 0 bridgehead atoms. The van der Waals surface area contributed by atoms with Crippen LogP contribution in [0.2, 0.25) is 0 Å². The lowest BCUT2D eigenvalue weighted by atomic mass is 10.0. The zero-order chi connectivity index (χ0) is 33.6. The van der Waals surface area contributed by atoms with Gasteiger partial charge in [-0.2, -0.15) is 0 Å². The summed E-state index contributed by atoms with van der Waals surface area (Å²) in [7, 11) is 0. The van der Waals surface area contributed by atoms with Gasteiger partial charge in [0.1, 0.15) is 0 Å². The van der Waals surface area contributed by atoms with Crippen molar-refractivity contribution in [1.82, 2.24) is 9.80 Å². The van der Waals surface area contributed by atoms with Gasteiger partial charge in [-0.05, 0) is 68.0 Å². The van der Waals surface area contributed by atoms with Crippen LogP contribution in [-0.2, 0) is 50.1 Å². The highest BCUT2D eigenvalue weighted by Gasteiger charge is 2.24. The van der Waals surface area contributed by atoms with Crippen LogP contribution in [0.15, 0.2) is 97.1 Å². The number of primary amides is 1. The topological polar surface area (TPSA) is 110 Å². The molecule has 0 heterocycles. The molecule has 4 rings (SSSR count). The van der Waals surface area contributed by atoms with Crippen molar-refractivity contribution in [2.45, 2.75) is 60.8 Å². The van der Waals surface area contributed by atoms with E-state index in [2.05, 4.69) is 12.1 Å². The van der Waals surface area contributed by atoms with E-state index in [1.165, 1.54) is 15.4 Å². The molecule has 0 saturated carbocycles. The van der Waals surface area contributed by atoms with Gasteiger partial charge in [0.25, 0.3) is 0 Å². The standard InChI is InChI=1S/C20H23NO3.C18H20N2O2/c1-4-24-20(23)19(22)21(13-17-8-6-5-7-9-17)14-18-11-10-15(2)12-16(18)3;1-13-8-9-16(14(2)10-13)12-20(18(22)17(19)21)11-15-6-4-3-5-7-15/h5-12H,4,13-14H2,1-3H3;3-10H,11-12H2,1-2H3,(H2,19,21). The van der Waals surface area contributed by atoms with Gasteiger partial charge >= 0.3 is 23.7 Å².